The maximum Gasteiger partial charge on any atom is 0.206 e. The molecule has 1 rings (SSSR count). The largest absolute Gasteiger partial charge is 0.383 e. The SMILES string of the molecule is COCCN=C(NN)NC(C)c1cccnc1. The van der Waals surface area contributed by atoms with Gasteiger partial charge in [-0.05, 0) is 18.6 Å². The fraction of sp³-hybridized carbons (Fsp3) is 0.455. The number of ether oxygens (including phenoxy) is 1. The van der Waals surface area contributed by atoms with Crippen molar-refractivity contribution >= 4 is 5.96 Å². The van der Waals surface area contributed by atoms with Crippen LogP contribution in [0.15, 0.2) is 29.5 Å². The molecule has 6 nitrogen and oxygen atoms in total. The van der Waals surface area contributed by atoms with Gasteiger partial charge < -0.3 is 10.1 Å². The van der Waals surface area contributed by atoms with Crippen LogP contribution in [-0.2, 0) is 4.74 Å². The monoisotopic (exact) mass is 237 g/mol. The third kappa shape index (κ3) is 4.80. The number of methoxy groups -OCH3 is 1. The standard InChI is InChI=1S/C11H19N5O/c1-9(10-4-3-5-13-8-10)15-11(16-12)14-6-7-17-2/h3-5,8-9H,6-7,12H2,1-2H3,(H2,14,15,16). The number of nitrogens with zero attached hydrogens (tertiary/aromatic N) is 2. The van der Waals surface area contributed by atoms with Crippen LogP contribution in [0, 0.1) is 0 Å². The molecule has 0 aromatic carbocycles. The van der Waals surface area contributed by atoms with Crippen molar-refractivity contribution in [3.05, 3.63) is 30.1 Å². The third-order valence-corrected chi connectivity index (χ3v) is 2.24. The smallest absolute Gasteiger partial charge is 0.206 e. The molecule has 0 aliphatic rings. The summed E-state index contributed by atoms with van der Waals surface area (Å²) in [5.74, 6) is 5.92. The third-order valence-electron chi connectivity index (χ3n) is 2.24. The zero-order valence-corrected chi connectivity index (χ0v) is 10.2. The number of aliphatic imine (C=N–C) groups is 1. The maximum atomic E-state index is 5.38. The molecular formula is C11H19N5O. The summed E-state index contributed by atoms with van der Waals surface area (Å²) < 4.78 is 4.91. The van der Waals surface area contributed by atoms with E-state index in [0.29, 0.717) is 19.1 Å². The molecular weight excluding hydrogens is 218 g/mol. The number of nitrogens with two attached hydrogens (primary N) is 1. The summed E-state index contributed by atoms with van der Waals surface area (Å²) in [7, 11) is 1.64. The summed E-state index contributed by atoms with van der Waals surface area (Å²) >= 11 is 0. The van der Waals surface area contributed by atoms with Crippen LogP contribution < -0.4 is 16.6 Å². The molecule has 0 saturated heterocycles. The lowest BCUT2D eigenvalue weighted by Gasteiger charge is -2.16. The molecule has 0 saturated carbocycles. The lowest BCUT2D eigenvalue weighted by Crippen LogP contribution is -2.42. The van der Waals surface area contributed by atoms with E-state index in [9.17, 15) is 0 Å². The van der Waals surface area contributed by atoms with E-state index in [1.54, 1.807) is 19.5 Å². The Bertz CT molecular complexity index is 341. The maximum absolute atomic E-state index is 5.38. The molecule has 94 valence electrons. The van der Waals surface area contributed by atoms with Crippen LogP contribution in [0.25, 0.3) is 0 Å². The summed E-state index contributed by atoms with van der Waals surface area (Å²) in [5.41, 5.74) is 3.60. The van der Waals surface area contributed by atoms with Crippen LogP contribution in [0.3, 0.4) is 0 Å². The first kappa shape index (κ1) is 13.4. The van der Waals surface area contributed by atoms with E-state index < -0.39 is 0 Å². The van der Waals surface area contributed by atoms with Gasteiger partial charge in [0.15, 0.2) is 0 Å². The number of rotatable bonds is 5. The highest BCUT2D eigenvalue weighted by Gasteiger charge is 2.06. The highest BCUT2D eigenvalue weighted by atomic mass is 16.5. The average Bonchev–Trinajstić information content (AvgIpc) is 2.38. The van der Waals surface area contributed by atoms with Gasteiger partial charge in [-0.15, -0.1) is 0 Å². The van der Waals surface area contributed by atoms with Gasteiger partial charge >= 0.3 is 0 Å². The molecule has 0 aliphatic heterocycles. The Hall–Kier alpha value is -1.66. The molecule has 0 radical (unpaired) electrons. The number of hydrogen-bond donors (Lipinski definition) is 3. The van der Waals surface area contributed by atoms with Gasteiger partial charge in [-0.3, -0.25) is 10.4 Å². The van der Waals surface area contributed by atoms with E-state index in [4.69, 9.17) is 10.6 Å². The van der Waals surface area contributed by atoms with Gasteiger partial charge in [0.25, 0.3) is 0 Å². The topological polar surface area (TPSA) is 84.6 Å². The number of aromatic nitrogens is 1. The summed E-state index contributed by atoms with van der Waals surface area (Å²) in [5, 5.41) is 3.16. The van der Waals surface area contributed by atoms with Crippen LogP contribution in [0.4, 0.5) is 0 Å². The minimum atomic E-state index is 0.0843. The molecule has 0 spiro atoms. The second-order valence-corrected chi connectivity index (χ2v) is 3.52. The number of nitrogens with one attached hydrogen (secondary N) is 2. The first-order chi connectivity index (χ1) is 8.27. The van der Waals surface area contributed by atoms with Gasteiger partial charge in [0.2, 0.25) is 5.96 Å². The molecule has 4 N–H and O–H groups in total. The van der Waals surface area contributed by atoms with Gasteiger partial charge in [0.1, 0.15) is 0 Å². The summed E-state index contributed by atoms with van der Waals surface area (Å²) in [6.07, 6.45) is 3.55. The highest BCUT2D eigenvalue weighted by Crippen LogP contribution is 2.08. The molecule has 1 atom stereocenters. The van der Waals surface area contributed by atoms with Crippen LogP contribution in [0.5, 0.6) is 0 Å². The summed E-state index contributed by atoms with van der Waals surface area (Å²) in [4.78, 5) is 8.28. The molecule has 1 aromatic rings. The molecule has 6 heteroatoms. The van der Waals surface area contributed by atoms with Crippen LogP contribution in [-0.4, -0.2) is 31.2 Å². The van der Waals surface area contributed by atoms with E-state index >= 15 is 0 Å². The van der Waals surface area contributed by atoms with E-state index in [1.165, 1.54) is 0 Å². The molecule has 0 fully saturated rings. The Morgan fingerprint density at radius 2 is 2.47 bits per heavy atom. The van der Waals surface area contributed by atoms with Crippen molar-refractivity contribution in [2.75, 3.05) is 20.3 Å². The minimum Gasteiger partial charge on any atom is -0.383 e. The van der Waals surface area contributed by atoms with Gasteiger partial charge in [-0.2, -0.15) is 0 Å². The van der Waals surface area contributed by atoms with Crippen molar-refractivity contribution in [3.8, 4) is 0 Å². The second kappa shape index (κ2) is 7.59. The Labute approximate surface area is 101 Å². The van der Waals surface area contributed by atoms with Crippen molar-refractivity contribution < 1.29 is 4.74 Å². The molecule has 0 amide bonds. The Balaban J connectivity index is 2.53. The Morgan fingerprint density at radius 1 is 1.65 bits per heavy atom. The molecule has 1 unspecified atom stereocenters. The molecule has 1 heterocycles. The first-order valence-corrected chi connectivity index (χ1v) is 5.44. The van der Waals surface area contributed by atoms with Gasteiger partial charge in [-0.25, -0.2) is 10.8 Å². The van der Waals surface area contributed by atoms with Crippen LogP contribution in [0.1, 0.15) is 18.5 Å². The van der Waals surface area contributed by atoms with Gasteiger partial charge in [0.05, 0.1) is 19.2 Å². The predicted octanol–water partition coefficient (Wildman–Crippen LogP) is 0.198. The zero-order chi connectivity index (χ0) is 12.5. The van der Waals surface area contributed by atoms with Crippen LogP contribution in [0.2, 0.25) is 0 Å². The molecule has 0 aliphatic carbocycles. The molecule has 1 aromatic heterocycles. The minimum absolute atomic E-state index is 0.0843. The number of pyridine rings is 1. The first-order valence-electron chi connectivity index (χ1n) is 5.44. The second-order valence-electron chi connectivity index (χ2n) is 3.52. The highest BCUT2D eigenvalue weighted by molar-refractivity contribution is 5.79. The van der Waals surface area contributed by atoms with Gasteiger partial charge in [-0.1, -0.05) is 6.07 Å². The lowest BCUT2D eigenvalue weighted by molar-refractivity contribution is 0.208. The van der Waals surface area contributed by atoms with Crippen molar-refractivity contribution in [2.24, 2.45) is 10.8 Å². The van der Waals surface area contributed by atoms with Crippen molar-refractivity contribution in [2.45, 2.75) is 13.0 Å². The van der Waals surface area contributed by atoms with Crippen molar-refractivity contribution in [1.29, 1.82) is 0 Å². The Kier molecular flexibility index (Phi) is 5.98. The number of guanidine groups is 1. The normalized spacial score (nSPS) is 13.2. The zero-order valence-electron chi connectivity index (χ0n) is 10.2. The van der Waals surface area contributed by atoms with E-state index in [0.717, 1.165) is 5.56 Å². The fourth-order valence-corrected chi connectivity index (χ4v) is 1.30. The molecule has 17 heavy (non-hydrogen) atoms. The predicted molar refractivity (Wildman–Crippen MR) is 67.3 cm³/mol. The fourth-order valence-electron chi connectivity index (χ4n) is 1.30. The quantitative estimate of drug-likeness (QED) is 0.224. The summed E-state index contributed by atoms with van der Waals surface area (Å²) in [6.45, 7) is 3.14. The van der Waals surface area contributed by atoms with Gasteiger partial charge in [0, 0.05) is 19.5 Å². The Morgan fingerprint density at radius 3 is 3.06 bits per heavy atom. The van der Waals surface area contributed by atoms with E-state index in [2.05, 4.69) is 20.7 Å². The van der Waals surface area contributed by atoms with Crippen LogP contribution >= 0.6 is 0 Å². The number of hydrazine groups is 1. The van der Waals surface area contributed by atoms with E-state index in [1.807, 2.05) is 19.1 Å². The lowest BCUT2D eigenvalue weighted by atomic mass is 10.1. The molecule has 0 bridgehead atoms. The van der Waals surface area contributed by atoms with Crippen molar-refractivity contribution in [3.63, 3.8) is 0 Å². The van der Waals surface area contributed by atoms with Crippen molar-refractivity contribution in [1.82, 2.24) is 15.7 Å². The van der Waals surface area contributed by atoms with E-state index in [-0.39, 0.29) is 6.04 Å². The number of hydrogen-bond acceptors (Lipinski definition) is 4. The summed E-state index contributed by atoms with van der Waals surface area (Å²) in [6, 6.07) is 3.97. The average molecular weight is 237 g/mol.